The molecule has 5 rings (SSSR count). The number of carbonyl (C=O) groups is 4. The maximum atomic E-state index is 13.7. The van der Waals surface area contributed by atoms with Gasteiger partial charge in [-0.3, -0.25) is 14.4 Å². The van der Waals surface area contributed by atoms with Crippen molar-refractivity contribution < 1.29 is 26.7 Å². The van der Waals surface area contributed by atoms with E-state index in [-0.39, 0.29) is 30.8 Å². The van der Waals surface area contributed by atoms with E-state index >= 15 is 0 Å². The number of amides is 4. The topological polar surface area (TPSA) is 96.0 Å². The normalized spacial score (nSPS) is 22.9. The Labute approximate surface area is 207 Å². The number of hydrogen-bond donors (Lipinski definition) is 1. The Morgan fingerprint density at radius 3 is 2.66 bits per heavy atom. The monoisotopic (exact) mass is 477 g/mol. The van der Waals surface area contributed by atoms with Crippen molar-refractivity contribution in [1.82, 2.24) is 9.80 Å². The van der Waals surface area contributed by atoms with E-state index in [0.717, 1.165) is 18.4 Å². The van der Waals surface area contributed by atoms with Crippen LogP contribution in [0.3, 0.4) is 0 Å². The third-order valence-corrected chi connectivity index (χ3v) is 7.06. The van der Waals surface area contributed by atoms with Gasteiger partial charge in [-0.05, 0) is 55.4 Å². The Morgan fingerprint density at radius 1 is 1.23 bits per heavy atom. The van der Waals surface area contributed by atoms with Crippen molar-refractivity contribution in [3.05, 3.63) is 65.2 Å². The molecule has 2 aliphatic carbocycles. The molecule has 3 aliphatic rings. The first-order valence-electron chi connectivity index (χ1n) is 12.9. The van der Waals surface area contributed by atoms with Gasteiger partial charge in [0.15, 0.2) is 0 Å². The summed E-state index contributed by atoms with van der Waals surface area (Å²) < 4.78 is 23.0. The van der Waals surface area contributed by atoms with Crippen LogP contribution >= 0.6 is 0 Å². The zero-order valence-corrected chi connectivity index (χ0v) is 19.7. The molecule has 1 saturated carbocycles. The van der Waals surface area contributed by atoms with E-state index in [1.54, 1.807) is 18.2 Å². The number of hydrogen-bond acceptors (Lipinski definition) is 5. The molecule has 1 saturated heterocycles. The fraction of sp³-hybridized carbons (Fsp3) is 0.407. The molecule has 1 unspecified atom stereocenters. The standard InChI is InChI=1S/C27H29N3O5/c1-17(20-8-9-20)29(15-19-6-4-3-5-7-19)24(32)16-30-25(33)27(35-26(30)34)13-12-21-14-22(28-18(2)31)10-11-23(21)27/h3-7,10-11,14,17,20H,8-9,12-13,15-16H2,1-2H3,(H,28,31)/t17-,27?/m0/s1/i16D2. The second-order valence-corrected chi connectivity index (χ2v) is 9.50. The summed E-state index contributed by atoms with van der Waals surface area (Å²) in [6.45, 7) is 0.488. The molecule has 0 bridgehead atoms. The summed E-state index contributed by atoms with van der Waals surface area (Å²) in [4.78, 5) is 53.7. The summed E-state index contributed by atoms with van der Waals surface area (Å²) in [6, 6.07) is 13.9. The number of aryl methyl sites for hydroxylation is 1. The van der Waals surface area contributed by atoms with Gasteiger partial charge in [-0.2, -0.15) is 0 Å². The van der Waals surface area contributed by atoms with Crippen LogP contribution in [0.2, 0.25) is 0 Å². The van der Waals surface area contributed by atoms with Gasteiger partial charge in [-0.15, -0.1) is 0 Å². The third-order valence-electron chi connectivity index (χ3n) is 7.06. The van der Waals surface area contributed by atoms with E-state index in [2.05, 4.69) is 5.32 Å². The van der Waals surface area contributed by atoms with Crippen molar-refractivity contribution in [3.63, 3.8) is 0 Å². The van der Waals surface area contributed by atoms with E-state index in [4.69, 9.17) is 7.48 Å². The molecule has 182 valence electrons. The second kappa shape index (κ2) is 8.83. The lowest BCUT2D eigenvalue weighted by atomic mass is 9.94. The maximum Gasteiger partial charge on any atom is 0.418 e. The van der Waals surface area contributed by atoms with Gasteiger partial charge in [0.2, 0.25) is 17.4 Å². The molecule has 1 heterocycles. The molecule has 2 aromatic rings. The molecule has 1 spiro atoms. The fourth-order valence-corrected chi connectivity index (χ4v) is 5.02. The number of benzene rings is 2. The van der Waals surface area contributed by atoms with Gasteiger partial charge in [0.25, 0.3) is 5.91 Å². The van der Waals surface area contributed by atoms with E-state index < -0.39 is 30.0 Å². The lowest BCUT2D eigenvalue weighted by molar-refractivity contribution is -0.143. The van der Waals surface area contributed by atoms with Crippen molar-refractivity contribution in [2.75, 3.05) is 11.8 Å². The van der Waals surface area contributed by atoms with Gasteiger partial charge in [0.1, 0.15) is 6.50 Å². The number of fused-ring (bicyclic) bond motifs is 2. The first kappa shape index (κ1) is 20.7. The van der Waals surface area contributed by atoms with E-state index in [1.165, 1.54) is 11.8 Å². The van der Waals surface area contributed by atoms with Crippen LogP contribution in [-0.4, -0.2) is 46.2 Å². The van der Waals surface area contributed by atoms with Gasteiger partial charge in [-0.1, -0.05) is 36.4 Å². The highest BCUT2D eigenvalue weighted by Crippen LogP contribution is 2.46. The van der Waals surface area contributed by atoms with Crippen LogP contribution in [0, 0.1) is 5.92 Å². The van der Waals surface area contributed by atoms with Crippen molar-refractivity contribution in [3.8, 4) is 0 Å². The number of imide groups is 1. The van der Waals surface area contributed by atoms with Gasteiger partial charge in [-0.25, -0.2) is 9.69 Å². The van der Waals surface area contributed by atoms with Gasteiger partial charge in [0.05, 0.1) is 2.74 Å². The highest BCUT2D eigenvalue weighted by Gasteiger charge is 2.58. The molecule has 4 amide bonds. The number of nitrogens with one attached hydrogen (secondary N) is 1. The average Bonchev–Trinajstić information content (AvgIpc) is 3.59. The lowest BCUT2D eigenvalue weighted by Crippen LogP contribution is -2.47. The summed E-state index contributed by atoms with van der Waals surface area (Å²) in [5.74, 6) is -1.83. The highest BCUT2D eigenvalue weighted by atomic mass is 16.6. The summed E-state index contributed by atoms with van der Waals surface area (Å²) in [5, 5.41) is 2.69. The summed E-state index contributed by atoms with van der Waals surface area (Å²) in [7, 11) is 0. The number of nitrogens with zero attached hydrogens (tertiary/aromatic N) is 2. The van der Waals surface area contributed by atoms with Gasteiger partial charge in [0, 0.05) is 37.2 Å². The van der Waals surface area contributed by atoms with Gasteiger partial charge >= 0.3 is 6.09 Å². The van der Waals surface area contributed by atoms with Crippen molar-refractivity contribution >= 4 is 29.5 Å². The van der Waals surface area contributed by atoms with E-state index in [9.17, 15) is 19.2 Å². The van der Waals surface area contributed by atoms with Crippen LogP contribution in [0.4, 0.5) is 10.5 Å². The molecule has 0 radical (unpaired) electrons. The number of rotatable bonds is 7. The molecule has 8 nitrogen and oxygen atoms in total. The number of anilines is 1. The third kappa shape index (κ3) is 4.29. The largest absolute Gasteiger partial charge is 0.427 e. The average molecular weight is 478 g/mol. The molecular formula is C27H29N3O5. The quantitative estimate of drug-likeness (QED) is 0.658. The van der Waals surface area contributed by atoms with Crippen molar-refractivity contribution in [2.45, 2.75) is 57.7 Å². The Balaban J connectivity index is 1.44. The van der Waals surface area contributed by atoms with E-state index in [0.29, 0.717) is 28.1 Å². The van der Waals surface area contributed by atoms with Crippen LogP contribution in [0.5, 0.6) is 0 Å². The molecule has 35 heavy (non-hydrogen) atoms. The first-order chi connectivity index (χ1) is 17.5. The van der Waals surface area contributed by atoms with Crippen molar-refractivity contribution in [1.29, 1.82) is 0 Å². The smallest absolute Gasteiger partial charge is 0.418 e. The van der Waals surface area contributed by atoms with Gasteiger partial charge < -0.3 is 15.0 Å². The summed E-state index contributed by atoms with van der Waals surface area (Å²) in [6.07, 6.45) is 1.22. The molecule has 2 aromatic carbocycles. The molecular weight excluding hydrogens is 446 g/mol. The zero-order chi connectivity index (χ0) is 26.5. The van der Waals surface area contributed by atoms with Crippen LogP contribution in [-0.2, 0) is 37.7 Å². The summed E-state index contributed by atoms with van der Waals surface area (Å²) >= 11 is 0. The molecule has 8 heteroatoms. The minimum Gasteiger partial charge on any atom is -0.427 e. The number of ether oxygens (including phenoxy) is 1. The molecule has 1 aliphatic heterocycles. The molecule has 2 fully saturated rings. The van der Waals surface area contributed by atoms with Crippen LogP contribution in [0.25, 0.3) is 0 Å². The first-order valence-corrected chi connectivity index (χ1v) is 11.9. The maximum absolute atomic E-state index is 13.7. The minimum atomic E-state index is -2.94. The van der Waals surface area contributed by atoms with Crippen LogP contribution < -0.4 is 5.32 Å². The SMILES string of the molecule is [2H]C([2H])(C(=O)N(Cc1ccccc1)[C@@H](C)C1CC1)N1C(=O)OC2(CCc3cc(NC(C)=O)ccc32)C1=O. The van der Waals surface area contributed by atoms with E-state index in [1.807, 2.05) is 37.3 Å². The Bertz CT molecular complexity index is 1280. The zero-order valence-electron chi connectivity index (χ0n) is 21.7. The molecule has 2 atom stereocenters. The van der Waals surface area contributed by atoms with Crippen molar-refractivity contribution in [2.24, 2.45) is 5.92 Å². The minimum absolute atomic E-state index is 0.128. The predicted molar refractivity (Wildman–Crippen MR) is 128 cm³/mol. The Kier molecular flexibility index (Phi) is 5.22. The molecule has 1 N–H and O–H groups in total. The lowest BCUT2D eigenvalue weighted by Gasteiger charge is -2.30. The second-order valence-electron chi connectivity index (χ2n) is 9.50. The van der Waals surface area contributed by atoms with Crippen LogP contribution in [0.15, 0.2) is 48.5 Å². The predicted octanol–water partition coefficient (Wildman–Crippen LogP) is 3.59. The highest BCUT2D eigenvalue weighted by molar-refractivity contribution is 6.06. The Morgan fingerprint density at radius 2 is 1.97 bits per heavy atom. The number of carbonyl (C=O) groups excluding carboxylic acids is 4. The van der Waals surface area contributed by atoms with Crippen LogP contribution in [0.1, 0.15) is 52.5 Å². The summed E-state index contributed by atoms with van der Waals surface area (Å²) in [5.41, 5.74) is 0.840. The molecule has 0 aromatic heterocycles. The fourth-order valence-electron chi connectivity index (χ4n) is 5.02. The Hall–Kier alpha value is -3.68.